The van der Waals surface area contributed by atoms with Gasteiger partial charge in [-0.3, -0.25) is 4.79 Å². The minimum absolute atomic E-state index is 0.153. The first-order valence-corrected chi connectivity index (χ1v) is 9.72. The van der Waals surface area contributed by atoms with Crippen molar-refractivity contribution in [1.82, 2.24) is 0 Å². The lowest BCUT2D eigenvalue weighted by atomic mass is 9.49. The summed E-state index contributed by atoms with van der Waals surface area (Å²) in [5.74, 6) is 4.43. The van der Waals surface area contributed by atoms with Crippen molar-refractivity contribution in [1.29, 1.82) is 0 Å². The minimum atomic E-state index is -0.415. The summed E-state index contributed by atoms with van der Waals surface area (Å²) in [5, 5.41) is 11.2. The molecule has 124 valence electrons. The Morgan fingerprint density at radius 1 is 1.05 bits per heavy atom. The van der Waals surface area contributed by atoms with E-state index in [0.29, 0.717) is 11.7 Å². The Morgan fingerprint density at radius 2 is 1.86 bits per heavy atom. The van der Waals surface area contributed by atoms with E-state index in [9.17, 15) is 9.90 Å². The van der Waals surface area contributed by atoms with Crippen molar-refractivity contribution in [2.75, 3.05) is 0 Å². The van der Waals surface area contributed by atoms with Crippen LogP contribution in [-0.2, 0) is 4.79 Å². The molecule has 0 bridgehead atoms. The lowest BCUT2D eigenvalue weighted by Gasteiger charge is -2.57. The van der Waals surface area contributed by atoms with Gasteiger partial charge in [0.15, 0.2) is 0 Å². The molecule has 7 atom stereocenters. The van der Waals surface area contributed by atoms with E-state index < -0.39 is 5.60 Å². The third kappa shape index (κ3) is 1.92. The third-order valence-electron chi connectivity index (χ3n) is 8.67. The Bertz CT molecular complexity index is 472. The number of rotatable bonds is 1. The Hall–Kier alpha value is -0.370. The molecule has 0 amide bonds. The lowest BCUT2D eigenvalue weighted by Crippen LogP contribution is -2.53. The van der Waals surface area contributed by atoms with Crippen LogP contribution in [0.5, 0.6) is 0 Å². The second-order valence-electron chi connectivity index (χ2n) is 9.10. The van der Waals surface area contributed by atoms with Gasteiger partial charge in [-0.15, -0.1) is 0 Å². The highest BCUT2D eigenvalue weighted by Crippen LogP contribution is 2.65. The summed E-state index contributed by atoms with van der Waals surface area (Å²) in [6.45, 7) is 4.56. The molecule has 4 saturated carbocycles. The van der Waals surface area contributed by atoms with E-state index in [4.69, 9.17) is 0 Å². The highest BCUT2D eigenvalue weighted by atomic mass is 16.3. The van der Waals surface area contributed by atoms with Crippen LogP contribution in [0.3, 0.4) is 0 Å². The number of hydrogen-bond acceptors (Lipinski definition) is 2. The summed E-state index contributed by atoms with van der Waals surface area (Å²) in [6, 6.07) is 0. The van der Waals surface area contributed by atoms with Crippen molar-refractivity contribution in [3.63, 3.8) is 0 Å². The summed E-state index contributed by atoms with van der Waals surface area (Å²) >= 11 is 0. The van der Waals surface area contributed by atoms with E-state index in [1.165, 1.54) is 32.1 Å². The van der Waals surface area contributed by atoms with Crippen molar-refractivity contribution in [3.8, 4) is 0 Å². The molecule has 4 rings (SSSR count). The SMILES string of the molecule is CC[C@@]1(O)CC[C@@H]2[C@@H]3CCC4CC(=O)CC[C@@H]4[C@@H]3CC[C@@]21C. The topological polar surface area (TPSA) is 37.3 Å². The monoisotopic (exact) mass is 304 g/mol. The van der Waals surface area contributed by atoms with Gasteiger partial charge in [-0.1, -0.05) is 13.8 Å². The number of aliphatic hydroxyl groups is 1. The van der Waals surface area contributed by atoms with Crippen molar-refractivity contribution < 1.29 is 9.90 Å². The second kappa shape index (κ2) is 5.06. The molecule has 0 aromatic carbocycles. The molecule has 0 aliphatic heterocycles. The molecule has 1 N–H and O–H groups in total. The van der Waals surface area contributed by atoms with Crippen molar-refractivity contribution >= 4 is 5.78 Å². The van der Waals surface area contributed by atoms with E-state index in [1.807, 2.05) is 0 Å². The van der Waals surface area contributed by atoms with E-state index in [0.717, 1.165) is 55.8 Å². The smallest absolute Gasteiger partial charge is 0.133 e. The van der Waals surface area contributed by atoms with Crippen molar-refractivity contribution in [2.45, 2.75) is 83.7 Å². The number of Topliss-reactive ketones (excluding diaryl/α,β-unsaturated/α-hetero) is 1. The first-order valence-electron chi connectivity index (χ1n) is 9.72. The first-order chi connectivity index (χ1) is 10.5. The molecule has 2 nitrogen and oxygen atoms in total. The fourth-order valence-electron chi connectivity index (χ4n) is 7.35. The van der Waals surface area contributed by atoms with Crippen LogP contribution in [0.1, 0.15) is 78.1 Å². The summed E-state index contributed by atoms with van der Waals surface area (Å²) in [4.78, 5) is 11.8. The predicted octanol–water partition coefficient (Wildman–Crippen LogP) is 4.35. The van der Waals surface area contributed by atoms with Crippen LogP contribution in [0.4, 0.5) is 0 Å². The maximum absolute atomic E-state index is 11.8. The maximum Gasteiger partial charge on any atom is 0.133 e. The van der Waals surface area contributed by atoms with Gasteiger partial charge in [0.2, 0.25) is 0 Å². The molecule has 1 unspecified atom stereocenters. The van der Waals surface area contributed by atoms with Crippen LogP contribution in [0.2, 0.25) is 0 Å². The van der Waals surface area contributed by atoms with Crippen LogP contribution in [-0.4, -0.2) is 16.5 Å². The fourth-order valence-corrected chi connectivity index (χ4v) is 7.35. The molecular weight excluding hydrogens is 272 g/mol. The normalized spacial score (nSPS) is 54.5. The fraction of sp³-hybridized carbons (Fsp3) is 0.950. The molecule has 22 heavy (non-hydrogen) atoms. The average molecular weight is 304 g/mol. The third-order valence-corrected chi connectivity index (χ3v) is 8.67. The molecule has 2 heteroatoms. The van der Waals surface area contributed by atoms with E-state index in [2.05, 4.69) is 13.8 Å². The molecule has 4 fully saturated rings. The highest BCUT2D eigenvalue weighted by Gasteiger charge is 2.61. The lowest BCUT2D eigenvalue weighted by molar-refractivity contribution is -0.138. The van der Waals surface area contributed by atoms with Crippen LogP contribution in [0, 0.1) is 35.0 Å². The van der Waals surface area contributed by atoms with E-state index >= 15 is 0 Å². The predicted molar refractivity (Wildman–Crippen MR) is 87.4 cm³/mol. The Kier molecular flexibility index (Phi) is 3.49. The molecule has 0 aromatic rings. The Balaban J connectivity index is 1.59. The Morgan fingerprint density at radius 3 is 2.64 bits per heavy atom. The first kappa shape index (κ1) is 15.2. The number of hydrogen-bond donors (Lipinski definition) is 1. The maximum atomic E-state index is 11.8. The zero-order valence-corrected chi connectivity index (χ0v) is 14.3. The van der Waals surface area contributed by atoms with Gasteiger partial charge in [0.25, 0.3) is 0 Å². The number of carbonyl (C=O) groups is 1. The minimum Gasteiger partial charge on any atom is -0.389 e. The second-order valence-corrected chi connectivity index (χ2v) is 9.10. The largest absolute Gasteiger partial charge is 0.389 e. The molecule has 4 aliphatic rings. The van der Waals surface area contributed by atoms with Crippen molar-refractivity contribution in [2.24, 2.45) is 35.0 Å². The van der Waals surface area contributed by atoms with Gasteiger partial charge in [-0.25, -0.2) is 0 Å². The summed E-state index contributed by atoms with van der Waals surface area (Å²) in [7, 11) is 0. The van der Waals surface area contributed by atoms with Gasteiger partial charge in [0.05, 0.1) is 5.60 Å². The zero-order chi connectivity index (χ0) is 15.5. The van der Waals surface area contributed by atoms with Crippen LogP contribution >= 0.6 is 0 Å². The van der Waals surface area contributed by atoms with Gasteiger partial charge >= 0.3 is 0 Å². The zero-order valence-electron chi connectivity index (χ0n) is 14.3. The van der Waals surface area contributed by atoms with E-state index in [-0.39, 0.29) is 5.41 Å². The van der Waals surface area contributed by atoms with Gasteiger partial charge in [0.1, 0.15) is 5.78 Å². The van der Waals surface area contributed by atoms with E-state index in [1.54, 1.807) is 0 Å². The molecule has 4 aliphatic carbocycles. The molecule has 0 saturated heterocycles. The summed E-state index contributed by atoms with van der Waals surface area (Å²) in [6.07, 6.45) is 11.1. The summed E-state index contributed by atoms with van der Waals surface area (Å²) < 4.78 is 0. The molecule has 0 aromatic heterocycles. The van der Waals surface area contributed by atoms with Crippen LogP contribution in [0.15, 0.2) is 0 Å². The number of fused-ring (bicyclic) bond motifs is 5. The van der Waals surface area contributed by atoms with Gasteiger partial charge in [-0.2, -0.15) is 0 Å². The van der Waals surface area contributed by atoms with Crippen LogP contribution in [0.25, 0.3) is 0 Å². The van der Waals surface area contributed by atoms with Gasteiger partial charge in [0, 0.05) is 12.8 Å². The molecule has 0 spiro atoms. The Labute approximate surface area is 135 Å². The van der Waals surface area contributed by atoms with Crippen molar-refractivity contribution in [3.05, 3.63) is 0 Å². The molecule has 0 heterocycles. The molecule has 0 radical (unpaired) electrons. The number of ketones is 1. The quantitative estimate of drug-likeness (QED) is 0.782. The van der Waals surface area contributed by atoms with Gasteiger partial charge < -0.3 is 5.11 Å². The number of carbonyl (C=O) groups excluding carboxylic acids is 1. The summed E-state index contributed by atoms with van der Waals surface area (Å²) in [5.41, 5.74) is -0.262. The van der Waals surface area contributed by atoms with Crippen LogP contribution < -0.4 is 0 Å². The highest BCUT2D eigenvalue weighted by molar-refractivity contribution is 5.79. The average Bonchev–Trinajstić information content (AvgIpc) is 2.79. The molecular formula is C20H32O2. The van der Waals surface area contributed by atoms with Gasteiger partial charge in [-0.05, 0) is 86.4 Å². The standard InChI is InChI=1S/C20H32O2/c1-3-20(22)11-9-18-17-6-4-13-12-14(21)5-7-15(13)16(17)8-10-19(18,20)2/h13,15-18,22H,3-12H2,1-2H3/t13?,15-,16-,17+,18+,19-,20+/m0/s1.